The molecular formula is C16H11ClN6O2. The Morgan fingerprint density at radius 3 is 2.84 bits per heavy atom. The number of hydrogen-bond acceptors (Lipinski definition) is 6. The number of aromatic nitrogens is 4. The fourth-order valence-electron chi connectivity index (χ4n) is 2.75. The van der Waals surface area contributed by atoms with Crippen molar-refractivity contribution >= 4 is 28.9 Å². The van der Waals surface area contributed by atoms with Crippen LogP contribution < -0.4 is 5.32 Å². The van der Waals surface area contributed by atoms with E-state index in [9.17, 15) is 10.1 Å². The molecule has 3 aromatic rings. The highest BCUT2D eigenvalue weighted by Gasteiger charge is 2.26. The minimum Gasteiger partial charge on any atom is -0.323 e. The normalized spacial score (nSPS) is 15.9. The molecule has 2 heterocycles. The first-order valence-electron chi connectivity index (χ1n) is 7.39. The van der Waals surface area contributed by atoms with Gasteiger partial charge < -0.3 is 5.32 Å². The molecule has 1 aliphatic rings. The molecule has 0 unspecified atom stereocenters. The molecule has 0 amide bonds. The van der Waals surface area contributed by atoms with Gasteiger partial charge in [0.2, 0.25) is 5.95 Å². The van der Waals surface area contributed by atoms with E-state index in [4.69, 9.17) is 11.6 Å². The molecule has 0 fully saturated rings. The average molecular weight is 355 g/mol. The Morgan fingerprint density at radius 1 is 1.20 bits per heavy atom. The van der Waals surface area contributed by atoms with Crippen molar-refractivity contribution in [1.82, 2.24) is 20.2 Å². The lowest BCUT2D eigenvalue weighted by molar-refractivity contribution is -0.384. The molecule has 1 N–H and O–H groups in total. The number of benzene rings is 2. The minimum atomic E-state index is -0.427. The SMILES string of the molecule is O=[N+]([O-])c1cccc([C@@H]2C=C(c3ccccc3Cl)Nc3nnnn32)c1. The molecule has 0 spiro atoms. The van der Waals surface area contributed by atoms with E-state index in [1.807, 2.05) is 24.3 Å². The van der Waals surface area contributed by atoms with E-state index in [1.165, 1.54) is 12.1 Å². The number of nitrogens with zero attached hydrogens (tertiary/aromatic N) is 5. The van der Waals surface area contributed by atoms with Gasteiger partial charge in [0.15, 0.2) is 0 Å². The number of non-ortho nitro benzene ring substituents is 1. The monoisotopic (exact) mass is 354 g/mol. The van der Waals surface area contributed by atoms with Crippen LogP contribution in [0.25, 0.3) is 5.70 Å². The Hall–Kier alpha value is -3.26. The zero-order chi connectivity index (χ0) is 17.4. The van der Waals surface area contributed by atoms with Crippen LogP contribution in [0.2, 0.25) is 5.02 Å². The largest absolute Gasteiger partial charge is 0.323 e. The van der Waals surface area contributed by atoms with Gasteiger partial charge in [0, 0.05) is 28.4 Å². The predicted molar refractivity (Wildman–Crippen MR) is 92.1 cm³/mol. The molecule has 0 radical (unpaired) electrons. The number of nitro benzene ring substituents is 1. The Labute approximate surface area is 146 Å². The lowest BCUT2D eigenvalue weighted by Gasteiger charge is -2.23. The van der Waals surface area contributed by atoms with Crippen molar-refractivity contribution in [2.45, 2.75) is 6.04 Å². The van der Waals surface area contributed by atoms with Gasteiger partial charge in [-0.05, 0) is 28.1 Å². The van der Waals surface area contributed by atoms with E-state index < -0.39 is 11.0 Å². The van der Waals surface area contributed by atoms with Gasteiger partial charge in [-0.3, -0.25) is 10.1 Å². The molecule has 0 saturated carbocycles. The van der Waals surface area contributed by atoms with Crippen molar-refractivity contribution in [3.8, 4) is 0 Å². The molecule has 4 rings (SSSR count). The van der Waals surface area contributed by atoms with E-state index in [1.54, 1.807) is 22.9 Å². The fourth-order valence-corrected chi connectivity index (χ4v) is 2.99. The van der Waals surface area contributed by atoms with Gasteiger partial charge in [0.05, 0.1) is 4.92 Å². The summed E-state index contributed by atoms with van der Waals surface area (Å²) in [6, 6.07) is 13.4. The summed E-state index contributed by atoms with van der Waals surface area (Å²) in [5, 5.41) is 26.4. The van der Waals surface area contributed by atoms with Crippen molar-refractivity contribution < 1.29 is 4.92 Å². The maximum Gasteiger partial charge on any atom is 0.269 e. The van der Waals surface area contributed by atoms with E-state index in [0.29, 0.717) is 16.5 Å². The van der Waals surface area contributed by atoms with Gasteiger partial charge >= 0.3 is 0 Å². The first-order chi connectivity index (χ1) is 12.1. The van der Waals surface area contributed by atoms with Gasteiger partial charge in [0.25, 0.3) is 5.69 Å². The third kappa shape index (κ3) is 2.72. The average Bonchev–Trinajstić information content (AvgIpc) is 3.10. The Kier molecular flexibility index (Phi) is 3.66. The lowest BCUT2D eigenvalue weighted by Crippen LogP contribution is -2.20. The van der Waals surface area contributed by atoms with Crippen molar-refractivity contribution in [2.24, 2.45) is 0 Å². The molecule has 124 valence electrons. The zero-order valence-corrected chi connectivity index (χ0v) is 13.5. The van der Waals surface area contributed by atoms with E-state index in [-0.39, 0.29) is 5.69 Å². The van der Waals surface area contributed by atoms with Crippen molar-refractivity contribution in [2.75, 3.05) is 5.32 Å². The highest BCUT2D eigenvalue weighted by atomic mass is 35.5. The molecule has 1 aliphatic heterocycles. The Bertz CT molecular complexity index is 1000. The maximum absolute atomic E-state index is 11.1. The maximum atomic E-state index is 11.1. The van der Waals surface area contributed by atoms with Gasteiger partial charge in [-0.25, -0.2) is 0 Å². The van der Waals surface area contributed by atoms with Gasteiger partial charge in [-0.15, -0.1) is 0 Å². The number of rotatable bonds is 3. The van der Waals surface area contributed by atoms with Crippen LogP contribution in [0.5, 0.6) is 0 Å². The highest BCUT2D eigenvalue weighted by molar-refractivity contribution is 6.32. The number of hydrogen-bond donors (Lipinski definition) is 1. The third-order valence-electron chi connectivity index (χ3n) is 3.91. The number of nitrogens with one attached hydrogen (secondary N) is 1. The van der Waals surface area contributed by atoms with Crippen molar-refractivity contribution in [1.29, 1.82) is 0 Å². The molecule has 2 aromatic carbocycles. The van der Waals surface area contributed by atoms with Crippen LogP contribution in [-0.2, 0) is 0 Å². The zero-order valence-electron chi connectivity index (χ0n) is 12.7. The minimum absolute atomic E-state index is 0.0124. The number of allylic oxidation sites excluding steroid dienone is 1. The topological polar surface area (TPSA) is 98.8 Å². The standard InChI is InChI=1S/C16H11ClN6O2/c17-13-7-2-1-6-12(13)14-9-15(22-16(18-14)19-20-21-22)10-4-3-5-11(8-10)23(24)25/h1-9,15H,(H,18,19,21)/t15-/m0/s1. The second-order valence-corrected chi connectivity index (χ2v) is 5.84. The third-order valence-corrected chi connectivity index (χ3v) is 4.24. The number of fused-ring (bicyclic) bond motifs is 1. The van der Waals surface area contributed by atoms with Crippen LogP contribution in [0, 0.1) is 10.1 Å². The summed E-state index contributed by atoms with van der Waals surface area (Å²) in [5.74, 6) is 0.439. The van der Waals surface area contributed by atoms with Crippen LogP contribution in [0.1, 0.15) is 17.2 Å². The number of halogens is 1. The molecule has 1 aromatic heterocycles. The molecule has 1 atom stereocenters. The quantitative estimate of drug-likeness (QED) is 0.572. The van der Waals surface area contributed by atoms with E-state index in [0.717, 1.165) is 11.3 Å². The second kappa shape index (κ2) is 5.99. The Morgan fingerprint density at radius 2 is 2.04 bits per heavy atom. The number of anilines is 1. The van der Waals surface area contributed by atoms with Crippen molar-refractivity contribution in [3.05, 3.63) is 80.9 Å². The van der Waals surface area contributed by atoms with Crippen LogP contribution in [-0.4, -0.2) is 25.1 Å². The summed E-state index contributed by atoms with van der Waals surface area (Å²) < 4.78 is 1.57. The molecule has 9 heteroatoms. The number of tetrazole rings is 1. The van der Waals surface area contributed by atoms with E-state index in [2.05, 4.69) is 20.8 Å². The van der Waals surface area contributed by atoms with E-state index >= 15 is 0 Å². The molecule has 25 heavy (non-hydrogen) atoms. The lowest BCUT2D eigenvalue weighted by atomic mass is 10.0. The molecule has 0 aliphatic carbocycles. The Balaban J connectivity index is 1.84. The van der Waals surface area contributed by atoms with Crippen LogP contribution in [0.3, 0.4) is 0 Å². The molecule has 0 saturated heterocycles. The summed E-state index contributed by atoms with van der Waals surface area (Å²) in [4.78, 5) is 10.6. The number of nitro groups is 1. The first-order valence-corrected chi connectivity index (χ1v) is 7.77. The fraction of sp³-hybridized carbons (Fsp3) is 0.0625. The predicted octanol–water partition coefficient (Wildman–Crippen LogP) is 3.29. The van der Waals surface area contributed by atoms with Crippen molar-refractivity contribution in [3.63, 3.8) is 0 Å². The molecular weight excluding hydrogens is 344 g/mol. The summed E-state index contributed by atoms with van der Waals surface area (Å²) in [7, 11) is 0. The van der Waals surface area contributed by atoms with Crippen LogP contribution in [0.4, 0.5) is 11.6 Å². The summed E-state index contributed by atoms with van der Waals surface area (Å²) in [5.41, 5.74) is 2.26. The van der Waals surface area contributed by atoms with Crippen LogP contribution >= 0.6 is 11.6 Å². The smallest absolute Gasteiger partial charge is 0.269 e. The van der Waals surface area contributed by atoms with Gasteiger partial charge in [-0.2, -0.15) is 4.68 Å². The molecule has 8 nitrogen and oxygen atoms in total. The second-order valence-electron chi connectivity index (χ2n) is 5.43. The summed E-state index contributed by atoms with van der Waals surface area (Å²) in [6.07, 6.45) is 1.89. The van der Waals surface area contributed by atoms with Gasteiger partial charge in [-0.1, -0.05) is 47.0 Å². The first kappa shape index (κ1) is 15.3. The highest BCUT2D eigenvalue weighted by Crippen LogP contribution is 2.34. The van der Waals surface area contributed by atoms with Crippen LogP contribution in [0.15, 0.2) is 54.6 Å². The van der Waals surface area contributed by atoms with Gasteiger partial charge in [0.1, 0.15) is 6.04 Å². The summed E-state index contributed by atoms with van der Waals surface area (Å²) >= 11 is 6.29. The summed E-state index contributed by atoms with van der Waals surface area (Å²) in [6.45, 7) is 0. The molecule has 0 bridgehead atoms.